The number of benzene rings is 1. The molecule has 3 rings (SSSR count). The minimum atomic E-state index is -0.248. The Morgan fingerprint density at radius 1 is 1.33 bits per heavy atom. The van der Waals surface area contributed by atoms with Gasteiger partial charge in [-0.3, -0.25) is 9.48 Å². The van der Waals surface area contributed by atoms with E-state index in [9.17, 15) is 4.79 Å². The Balaban J connectivity index is 2.10. The zero-order valence-electron chi connectivity index (χ0n) is 14.7. The van der Waals surface area contributed by atoms with Crippen LogP contribution in [0.5, 0.6) is 0 Å². The van der Waals surface area contributed by atoms with Crippen molar-refractivity contribution in [1.29, 1.82) is 0 Å². The van der Waals surface area contributed by atoms with Crippen LogP contribution in [0.1, 0.15) is 48.6 Å². The predicted octanol–water partition coefficient (Wildman–Crippen LogP) is 3.63. The van der Waals surface area contributed by atoms with Gasteiger partial charge >= 0.3 is 0 Å². The largest absolute Gasteiger partial charge is 0.319 e. The molecule has 0 aliphatic carbocycles. The molecule has 1 amide bonds. The molecule has 126 valence electrons. The zero-order chi connectivity index (χ0) is 17.4. The van der Waals surface area contributed by atoms with E-state index in [0.717, 1.165) is 22.3 Å². The lowest BCUT2D eigenvalue weighted by molar-refractivity contribution is 0.0986. The maximum Gasteiger partial charge on any atom is 0.297 e. The number of aromatic nitrogens is 3. The summed E-state index contributed by atoms with van der Waals surface area (Å²) in [6.07, 6.45) is 0.996. The van der Waals surface area contributed by atoms with Gasteiger partial charge in [0.25, 0.3) is 5.91 Å². The molecule has 0 N–H and O–H groups in total. The van der Waals surface area contributed by atoms with Gasteiger partial charge in [0.05, 0.1) is 15.9 Å². The second-order valence-electron chi connectivity index (χ2n) is 6.23. The van der Waals surface area contributed by atoms with Crippen molar-refractivity contribution in [1.82, 2.24) is 14.3 Å². The molecule has 0 radical (unpaired) electrons. The Morgan fingerprint density at radius 2 is 2.08 bits per heavy atom. The molecule has 0 aliphatic rings. The smallest absolute Gasteiger partial charge is 0.297 e. The van der Waals surface area contributed by atoms with Crippen molar-refractivity contribution in [3.8, 4) is 0 Å². The zero-order valence-corrected chi connectivity index (χ0v) is 15.5. The summed E-state index contributed by atoms with van der Waals surface area (Å²) in [5.74, 6) is -0.248. The maximum absolute atomic E-state index is 12.7. The van der Waals surface area contributed by atoms with Crippen LogP contribution in [-0.2, 0) is 13.5 Å². The van der Waals surface area contributed by atoms with Gasteiger partial charge in [-0.25, -0.2) is 0 Å². The van der Waals surface area contributed by atoms with E-state index >= 15 is 0 Å². The lowest BCUT2D eigenvalue weighted by Gasteiger charge is -2.07. The maximum atomic E-state index is 12.7. The second-order valence-corrected chi connectivity index (χ2v) is 7.23. The molecule has 5 nitrogen and oxygen atoms in total. The van der Waals surface area contributed by atoms with Gasteiger partial charge in [0.2, 0.25) is 0 Å². The summed E-state index contributed by atoms with van der Waals surface area (Å²) < 4.78 is 4.86. The summed E-state index contributed by atoms with van der Waals surface area (Å²) in [6.45, 7) is 8.05. The van der Waals surface area contributed by atoms with Gasteiger partial charge in [-0.05, 0) is 51.0 Å². The van der Waals surface area contributed by atoms with Crippen LogP contribution in [0.25, 0.3) is 10.2 Å². The molecule has 0 saturated heterocycles. The Hall–Kier alpha value is -2.21. The van der Waals surface area contributed by atoms with E-state index in [-0.39, 0.29) is 11.9 Å². The molecule has 0 bridgehead atoms. The van der Waals surface area contributed by atoms with Crippen molar-refractivity contribution < 1.29 is 4.79 Å². The number of amides is 1. The number of carbonyl (C=O) groups excluding carboxylic acids is 1. The topological polar surface area (TPSA) is 52.2 Å². The molecule has 0 aliphatic heterocycles. The first-order valence-corrected chi connectivity index (χ1v) is 8.96. The highest BCUT2D eigenvalue weighted by atomic mass is 32.1. The van der Waals surface area contributed by atoms with Crippen LogP contribution in [0.3, 0.4) is 0 Å². The van der Waals surface area contributed by atoms with E-state index in [2.05, 4.69) is 35.2 Å². The fourth-order valence-electron chi connectivity index (χ4n) is 2.72. The summed E-state index contributed by atoms with van der Waals surface area (Å²) in [5, 5.41) is 4.39. The fraction of sp³-hybridized carbons (Fsp3) is 0.389. The summed E-state index contributed by atoms with van der Waals surface area (Å²) >= 11 is 1.54. The molecule has 2 heterocycles. The summed E-state index contributed by atoms with van der Waals surface area (Å²) in [4.78, 5) is 17.7. The van der Waals surface area contributed by atoms with Gasteiger partial charge < -0.3 is 4.57 Å². The molecule has 0 spiro atoms. The minimum absolute atomic E-state index is 0.121. The highest BCUT2D eigenvalue weighted by Crippen LogP contribution is 2.19. The van der Waals surface area contributed by atoms with Crippen LogP contribution in [0.4, 0.5) is 0 Å². The van der Waals surface area contributed by atoms with Gasteiger partial charge in [0, 0.05) is 13.1 Å². The predicted molar refractivity (Wildman–Crippen MR) is 97.4 cm³/mol. The average molecular weight is 342 g/mol. The second kappa shape index (κ2) is 6.36. The first kappa shape index (κ1) is 16.6. The number of hydrogen-bond donors (Lipinski definition) is 0. The lowest BCUT2D eigenvalue weighted by Crippen LogP contribution is -2.16. The van der Waals surface area contributed by atoms with Crippen LogP contribution in [0.15, 0.2) is 29.3 Å². The van der Waals surface area contributed by atoms with E-state index in [1.165, 1.54) is 5.56 Å². The summed E-state index contributed by atoms with van der Waals surface area (Å²) in [6, 6.07) is 8.31. The monoisotopic (exact) mass is 342 g/mol. The van der Waals surface area contributed by atoms with Gasteiger partial charge in [-0.1, -0.05) is 24.3 Å². The van der Waals surface area contributed by atoms with E-state index in [0.29, 0.717) is 10.5 Å². The summed E-state index contributed by atoms with van der Waals surface area (Å²) in [7, 11) is 1.95. The Morgan fingerprint density at radius 3 is 2.75 bits per heavy atom. The van der Waals surface area contributed by atoms with Gasteiger partial charge in [0.1, 0.15) is 5.69 Å². The first-order chi connectivity index (χ1) is 11.4. The molecular weight excluding hydrogens is 320 g/mol. The van der Waals surface area contributed by atoms with Crippen LogP contribution >= 0.6 is 11.3 Å². The van der Waals surface area contributed by atoms with Crippen molar-refractivity contribution in [2.24, 2.45) is 12.0 Å². The lowest BCUT2D eigenvalue weighted by atomic mass is 10.2. The molecule has 0 fully saturated rings. The number of hydrogen-bond acceptors (Lipinski definition) is 3. The quantitative estimate of drug-likeness (QED) is 0.730. The Bertz CT molecular complexity index is 975. The van der Waals surface area contributed by atoms with Crippen LogP contribution < -0.4 is 4.80 Å². The summed E-state index contributed by atoms with van der Waals surface area (Å²) in [5.41, 5.74) is 3.75. The van der Waals surface area contributed by atoms with Crippen LogP contribution in [-0.4, -0.2) is 20.3 Å². The van der Waals surface area contributed by atoms with E-state index in [1.807, 2.05) is 32.4 Å². The molecule has 2 aromatic heterocycles. The number of nitrogens with zero attached hydrogens (tertiary/aromatic N) is 4. The van der Waals surface area contributed by atoms with E-state index < -0.39 is 0 Å². The minimum Gasteiger partial charge on any atom is -0.319 e. The highest BCUT2D eigenvalue weighted by molar-refractivity contribution is 7.16. The SMILES string of the molecule is CCc1ccc2c(c1)sc(=NC(=O)c1cc(C)nn1C(C)C)n2C. The first-order valence-electron chi connectivity index (χ1n) is 8.14. The molecule has 1 aromatic carbocycles. The van der Waals surface area contributed by atoms with Crippen LogP contribution in [0.2, 0.25) is 0 Å². The van der Waals surface area contributed by atoms with Crippen molar-refractivity contribution in [2.75, 3.05) is 0 Å². The standard InChI is InChI=1S/C18H22N4OS/c1-6-13-7-8-14-16(10-13)24-18(21(14)5)19-17(23)15-9-12(4)20-22(15)11(2)3/h7-11H,6H2,1-5H3. The highest BCUT2D eigenvalue weighted by Gasteiger charge is 2.16. The number of fused-ring (bicyclic) bond motifs is 1. The number of thiazole rings is 1. The fourth-order valence-corrected chi connectivity index (χ4v) is 3.80. The number of carbonyl (C=O) groups is 1. The average Bonchev–Trinajstić information content (AvgIpc) is 3.08. The molecule has 0 saturated carbocycles. The molecule has 6 heteroatoms. The van der Waals surface area contributed by atoms with Gasteiger partial charge in [-0.2, -0.15) is 10.1 Å². The van der Waals surface area contributed by atoms with Crippen LogP contribution in [0, 0.1) is 6.92 Å². The van der Waals surface area contributed by atoms with Gasteiger partial charge in [0.15, 0.2) is 4.80 Å². The number of aryl methyl sites for hydroxylation is 3. The van der Waals surface area contributed by atoms with E-state index in [4.69, 9.17) is 0 Å². The molecular formula is C18H22N4OS. The third-order valence-electron chi connectivity index (χ3n) is 4.05. The van der Waals surface area contributed by atoms with Crippen molar-refractivity contribution >= 4 is 27.5 Å². The molecule has 24 heavy (non-hydrogen) atoms. The Labute approximate surface area is 145 Å². The third-order valence-corrected chi connectivity index (χ3v) is 5.14. The van der Waals surface area contributed by atoms with Crippen molar-refractivity contribution in [2.45, 2.75) is 40.2 Å². The normalized spacial score (nSPS) is 12.5. The third kappa shape index (κ3) is 2.94. The number of rotatable bonds is 3. The van der Waals surface area contributed by atoms with Crippen molar-refractivity contribution in [3.63, 3.8) is 0 Å². The molecule has 0 unspecified atom stereocenters. The molecule has 3 aromatic rings. The van der Waals surface area contributed by atoms with Gasteiger partial charge in [-0.15, -0.1) is 0 Å². The Kier molecular flexibility index (Phi) is 4.41. The van der Waals surface area contributed by atoms with Crippen molar-refractivity contribution in [3.05, 3.63) is 46.0 Å². The van der Waals surface area contributed by atoms with E-state index in [1.54, 1.807) is 22.1 Å². The molecule has 0 atom stereocenters.